The lowest BCUT2D eigenvalue weighted by Crippen LogP contribution is -2.43. The number of amides is 1. The van der Waals surface area contributed by atoms with Gasteiger partial charge in [-0.3, -0.25) is 4.79 Å². The van der Waals surface area contributed by atoms with Crippen molar-refractivity contribution in [1.82, 2.24) is 5.32 Å². The molecule has 136 valence electrons. The van der Waals surface area contributed by atoms with Crippen molar-refractivity contribution >= 4 is 17.3 Å². The van der Waals surface area contributed by atoms with E-state index in [-0.39, 0.29) is 5.91 Å². The van der Waals surface area contributed by atoms with E-state index in [1.54, 1.807) is 7.11 Å². The van der Waals surface area contributed by atoms with Gasteiger partial charge in [-0.15, -0.1) is 0 Å². The van der Waals surface area contributed by atoms with Gasteiger partial charge >= 0.3 is 0 Å². The Balaban J connectivity index is 1.64. The summed E-state index contributed by atoms with van der Waals surface area (Å²) in [5.74, 6) is 1.03. The second-order valence-corrected chi connectivity index (χ2v) is 6.88. The number of fused-ring (bicyclic) bond motifs is 1. The SMILES string of the molecule is COc1cc(CN2C(=O)CCc3ccccc32)cc(N2CCNCC2)c1. The molecular weight excluding hydrogens is 326 g/mol. The van der Waals surface area contributed by atoms with E-state index in [1.165, 1.54) is 11.3 Å². The molecule has 5 nitrogen and oxygen atoms in total. The standard InChI is InChI=1S/C21H25N3O2/c1-26-19-13-16(12-18(14-19)23-10-8-22-9-11-23)15-24-20-5-3-2-4-17(20)6-7-21(24)25/h2-5,12-14,22H,6-11,15H2,1H3. The van der Waals surface area contributed by atoms with Gasteiger partial charge in [0, 0.05) is 50.0 Å². The molecule has 2 aromatic carbocycles. The largest absolute Gasteiger partial charge is 0.497 e. The van der Waals surface area contributed by atoms with Crippen LogP contribution < -0.4 is 19.9 Å². The molecule has 1 saturated heterocycles. The number of aryl methyl sites for hydroxylation is 1. The smallest absolute Gasteiger partial charge is 0.227 e. The number of carbonyl (C=O) groups excluding carboxylic acids is 1. The van der Waals surface area contributed by atoms with E-state index in [9.17, 15) is 4.79 Å². The fraction of sp³-hybridized carbons (Fsp3) is 0.381. The first kappa shape index (κ1) is 16.9. The highest BCUT2D eigenvalue weighted by atomic mass is 16.5. The van der Waals surface area contributed by atoms with E-state index in [4.69, 9.17) is 4.74 Å². The molecule has 0 radical (unpaired) electrons. The summed E-state index contributed by atoms with van der Waals surface area (Å²) in [6.45, 7) is 4.53. The Hall–Kier alpha value is -2.53. The van der Waals surface area contributed by atoms with Crippen LogP contribution in [0.15, 0.2) is 42.5 Å². The van der Waals surface area contributed by atoms with Crippen molar-refractivity contribution in [2.24, 2.45) is 0 Å². The maximum Gasteiger partial charge on any atom is 0.227 e. The van der Waals surface area contributed by atoms with Crippen LogP contribution in [0.5, 0.6) is 5.75 Å². The van der Waals surface area contributed by atoms with Gasteiger partial charge in [0.25, 0.3) is 0 Å². The van der Waals surface area contributed by atoms with Crippen LogP contribution in [-0.2, 0) is 17.8 Å². The Morgan fingerprint density at radius 1 is 1.08 bits per heavy atom. The monoisotopic (exact) mass is 351 g/mol. The molecule has 0 saturated carbocycles. The average Bonchev–Trinajstić information content (AvgIpc) is 2.70. The Morgan fingerprint density at radius 3 is 2.69 bits per heavy atom. The van der Waals surface area contributed by atoms with E-state index in [1.807, 2.05) is 29.2 Å². The molecular formula is C21H25N3O2. The van der Waals surface area contributed by atoms with Crippen molar-refractivity contribution in [3.05, 3.63) is 53.6 Å². The number of carbonyl (C=O) groups is 1. The summed E-state index contributed by atoms with van der Waals surface area (Å²) in [5.41, 5.74) is 4.55. The lowest BCUT2D eigenvalue weighted by Gasteiger charge is -2.32. The third-order valence-electron chi connectivity index (χ3n) is 5.20. The zero-order valence-corrected chi connectivity index (χ0v) is 15.2. The van der Waals surface area contributed by atoms with Gasteiger partial charge in [0.1, 0.15) is 5.75 Å². The normalized spacial score (nSPS) is 17.2. The predicted octanol–water partition coefficient (Wildman–Crippen LogP) is 2.58. The Morgan fingerprint density at radius 2 is 1.88 bits per heavy atom. The molecule has 5 heteroatoms. The first-order valence-electron chi connectivity index (χ1n) is 9.26. The summed E-state index contributed by atoms with van der Waals surface area (Å²) in [6.07, 6.45) is 1.40. The van der Waals surface area contributed by atoms with Crippen molar-refractivity contribution < 1.29 is 9.53 Å². The van der Waals surface area contributed by atoms with Gasteiger partial charge in [0.05, 0.1) is 13.7 Å². The van der Waals surface area contributed by atoms with Crippen molar-refractivity contribution in [2.45, 2.75) is 19.4 Å². The fourth-order valence-corrected chi connectivity index (χ4v) is 3.81. The Bertz CT molecular complexity index is 800. The molecule has 2 aliphatic heterocycles. The van der Waals surface area contributed by atoms with Crippen LogP contribution in [0.3, 0.4) is 0 Å². The molecule has 4 rings (SSSR count). The molecule has 0 aromatic heterocycles. The Kier molecular flexibility index (Phi) is 4.80. The van der Waals surface area contributed by atoms with Crippen LogP contribution in [0.25, 0.3) is 0 Å². The molecule has 0 atom stereocenters. The number of anilines is 2. The summed E-state index contributed by atoms with van der Waals surface area (Å²) in [5, 5.41) is 3.38. The molecule has 2 heterocycles. The number of hydrogen-bond acceptors (Lipinski definition) is 4. The van der Waals surface area contributed by atoms with Crippen molar-refractivity contribution in [3.63, 3.8) is 0 Å². The third-order valence-corrected chi connectivity index (χ3v) is 5.20. The number of methoxy groups -OCH3 is 1. The topological polar surface area (TPSA) is 44.8 Å². The van der Waals surface area contributed by atoms with Gasteiger partial charge in [-0.05, 0) is 35.7 Å². The minimum atomic E-state index is 0.190. The zero-order chi connectivity index (χ0) is 17.9. The highest BCUT2D eigenvalue weighted by molar-refractivity contribution is 5.96. The molecule has 26 heavy (non-hydrogen) atoms. The number of nitrogens with zero attached hydrogens (tertiary/aromatic N) is 2. The van der Waals surface area contributed by atoms with E-state index in [2.05, 4.69) is 28.4 Å². The minimum absolute atomic E-state index is 0.190. The van der Waals surface area contributed by atoms with Crippen LogP contribution in [0.2, 0.25) is 0 Å². The molecule has 1 fully saturated rings. The number of nitrogens with one attached hydrogen (secondary N) is 1. The maximum atomic E-state index is 12.6. The van der Waals surface area contributed by atoms with Crippen LogP contribution in [-0.4, -0.2) is 39.2 Å². The lowest BCUT2D eigenvalue weighted by molar-refractivity contribution is -0.119. The molecule has 0 unspecified atom stereocenters. The number of rotatable bonds is 4. The second-order valence-electron chi connectivity index (χ2n) is 6.88. The summed E-state index contributed by atoms with van der Waals surface area (Å²) >= 11 is 0. The van der Waals surface area contributed by atoms with Crippen molar-refractivity contribution in [2.75, 3.05) is 43.1 Å². The van der Waals surface area contributed by atoms with Crippen LogP contribution >= 0.6 is 0 Å². The first-order valence-corrected chi connectivity index (χ1v) is 9.26. The summed E-state index contributed by atoms with van der Waals surface area (Å²) in [4.78, 5) is 16.9. The quantitative estimate of drug-likeness (QED) is 0.920. The van der Waals surface area contributed by atoms with Crippen LogP contribution in [0, 0.1) is 0 Å². The number of para-hydroxylation sites is 1. The first-order chi connectivity index (χ1) is 12.7. The van der Waals surface area contributed by atoms with Crippen LogP contribution in [0.4, 0.5) is 11.4 Å². The Labute approximate surface area is 154 Å². The molecule has 0 bridgehead atoms. The number of hydrogen-bond donors (Lipinski definition) is 1. The lowest BCUT2D eigenvalue weighted by atomic mass is 10.0. The van der Waals surface area contributed by atoms with Gasteiger partial charge in [-0.2, -0.15) is 0 Å². The molecule has 0 aliphatic carbocycles. The van der Waals surface area contributed by atoms with Gasteiger partial charge < -0.3 is 19.9 Å². The highest BCUT2D eigenvalue weighted by Gasteiger charge is 2.24. The molecule has 2 aliphatic rings. The van der Waals surface area contributed by atoms with Crippen molar-refractivity contribution in [1.29, 1.82) is 0 Å². The number of benzene rings is 2. The summed E-state index contributed by atoms with van der Waals surface area (Å²) in [6, 6.07) is 14.5. The maximum absolute atomic E-state index is 12.6. The summed E-state index contributed by atoms with van der Waals surface area (Å²) < 4.78 is 5.53. The second kappa shape index (κ2) is 7.38. The van der Waals surface area contributed by atoms with Gasteiger partial charge in [0.2, 0.25) is 5.91 Å². The van der Waals surface area contributed by atoms with E-state index in [0.29, 0.717) is 13.0 Å². The predicted molar refractivity (Wildman–Crippen MR) is 104 cm³/mol. The summed E-state index contributed by atoms with van der Waals surface area (Å²) in [7, 11) is 1.70. The minimum Gasteiger partial charge on any atom is -0.497 e. The van der Waals surface area contributed by atoms with Crippen LogP contribution in [0.1, 0.15) is 17.5 Å². The third kappa shape index (κ3) is 3.40. The van der Waals surface area contributed by atoms with Gasteiger partial charge in [0.15, 0.2) is 0 Å². The van der Waals surface area contributed by atoms with E-state index >= 15 is 0 Å². The molecule has 2 aromatic rings. The zero-order valence-electron chi connectivity index (χ0n) is 15.2. The molecule has 1 amide bonds. The average molecular weight is 351 g/mol. The van der Waals surface area contributed by atoms with Gasteiger partial charge in [-0.1, -0.05) is 18.2 Å². The fourth-order valence-electron chi connectivity index (χ4n) is 3.81. The molecule has 0 spiro atoms. The highest BCUT2D eigenvalue weighted by Crippen LogP contribution is 2.31. The number of ether oxygens (including phenoxy) is 1. The van der Waals surface area contributed by atoms with Gasteiger partial charge in [-0.25, -0.2) is 0 Å². The van der Waals surface area contributed by atoms with E-state index in [0.717, 1.165) is 49.6 Å². The number of piperazine rings is 1. The van der Waals surface area contributed by atoms with E-state index < -0.39 is 0 Å². The molecule has 1 N–H and O–H groups in total. The van der Waals surface area contributed by atoms with Crippen molar-refractivity contribution in [3.8, 4) is 5.75 Å².